The lowest BCUT2D eigenvalue weighted by atomic mass is 10.3. The molecular weight excluding hydrogens is 293 g/mol. The second-order valence-electron chi connectivity index (χ2n) is 4.21. The molecule has 0 spiro atoms. The van der Waals surface area contributed by atoms with Crippen molar-refractivity contribution < 1.29 is 8.42 Å². The van der Waals surface area contributed by atoms with E-state index in [4.69, 9.17) is 23.2 Å². The molecule has 0 heterocycles. The summed E-state index contributed by atoms with van der Waals surface area (Å²) in [5, 5.41) is 0.414. The van der Waals surface area contributed by atoms with E-state index in [0.717, 1.165) is 0 Å². The van der Waals surface area contributed by atoms with E-state index in [0.29, 0.717) is 23.9 Å². The Balaban J connectivity index is 3.09. The summed E-state index contributed by atoms with van der Waals surface area (Å²) in [6, 6.07) is 6.19. The van der Waals surface area contributed by atoms with Crippen molar-refractivity contribution in [2.45, 2.75) is 31.2 Å². The Morgan fingerprint density at radius 3 is 2.50 bits per heavy atom. The van der Waals surface area contributed by atoms with E-state index in [-0.39, 0.29) is 10.9 Å². The largest absolute Gasteiger partial charge is 0.243 e. The summed E-state index contributed by atoms with van der Waals surface area (Å²) in [5.74, 6) is 0.439. The maximum Gasteiger partial charge on any atom is 0.243 e. The molecule has 0 aromatic heterocycles. The van der Waals surface area contributed by atoms with E-state index >= 15 is 0 Å². The smallest absolute Gasteiger partial charge is 0.207 e. The highest BCUT2D eigenvalue weighted by atomic mass is 35.5. The zero-order valence-electron chi connectivity index (χ0n) is 10.4. The molecule has 1 rings (SSSR count). The molecule has 0 aliphatic rings. The van der Waals surface area contributed by atoms with Gasteiger partial charge in [-0.3, -0.25) is 0 Å². The Bertz CT molecular complexity index is 489. The van der Waals surface area contributed by atoms with E-state index < -0.39 is 10.0 Å². The summed E-state index contributed by atoms with van der Waals surface area (Å²) < 4.78 is 26.4. The van der Waals surface area contributed by atoms with Crippen LogP contribution in [-0.2, 0) is 10.0 Å². The van der Waals surface area contributed by atoms with Crippen molar-refractivity contribution in [1.82, 2.24) is 4.31 Å². The number of hydrogen-bond donors (Lipinski definition) is 0. The quantitative estimate of drug-likeness (QED) is 0.756. The number of halogens is 2. The number of hydrogen-bond acceptors (Lipinski definition) is 2. The Morgan fingerprint density at radius 2 is 2.00 bits per heavy atom. The predicted molar refractivity (Wildman–Crippen MR) is 75.8 cm³/mol. The Labute approximate surface area is 119 Å². The first kappa shape index (κ1) is 15.8. The van der Waals surface area contributed by atoms with E-state index in [2.05, 4.69) is 0 Å². The second kappa shape index (κ2) is 6.75. The summed E-state index contributed by atoms with van der Waals surface area (Å²) in [4.78, 5) is 0.221. The lowest BCUT2D eigenvalue weighted by Crippen LogP contribution is -2.37. The van der Waals surface area contributed by atoms with Gasteiger partial charge in [0.05, 0.1) is 4.90 Å². The van der Waals surface area contributed by atoms with Gasteiger partial charge in [-0.25, -0.2) is 8.42 Å². The monoisotopic (exact) mass is 309 g/mol. The third-order valence-corrected chi connectivity index (χ3v) is 5.06. The summed E-state index contributed by atoms with van der Waals surface area (Å²) in [7, 11) is -3.50. The van der Waals surface area contributed by atoms with Crippen molar-refractivity contribution in [3.63, 3.8) is 0 Å². The molecule has 1 aromatic rings. The number of nitrogens with zero attached hydrogens (tertiary/aromatic N) is 1. The molecule has 0 aliphatic carbocycles. The first-order valence-electron chi connectivity index (χ1n) is 5.73. The fourth-order valence-corrected chi connectivity index (χ4v) is 3.73. The van der Waals surface area contributed by atoms with Gasteiger partial charge in [-0.05, 0) is 38.5 Å². The van der Waals surface area contributed by atoms with Crippen molar-refractivity contribution in [3.8, 4) is 0 Å². The van der Waals surface area contributed by atoms with Crippen LogP contribution in [0, 0.1) is 0 Å². The van der Waals surface area contributed by atoms with E-state index in [1.165, 1.54) is 10.4 Å². The van der Waals surface area contributed by atoms with E-state index in [1.807, 2.05) is 13.8 Å². The Morgan fingerprint density at radius 1 is 1.33 bits per heavy atom. The summed E-state index contributed by atoms with van der Waals surface area (Å²) >= 11 is 11.5. The lowest BCUT2D eigenvalue weighted by molar-refractivity contribution is 0.354. The minimum Gasteiger partial charge on any atom is -0.207 e. The van der Waals surface area contributed by atoms with Crippen LogP contribution in [0.15, 0.2) is 29.2 Å². The van der Waals surface area contributed by atoms with Gasteiger partial charge in [-0.15, -0.1) is 11.6 Å². The van der Waals surface area contributed by atoms with Crippen molar-refractivity contribution in [2.75, 3.05) is 12.4 Å². The van der Waals surface area contributed by atoms with Crippen LogP contribution in [0.3, 0.4) is 0 Å². The minimum atomic E-state index is -3.50. The average Bonchev–Trinajstić information content (AvgIpc) is 2.28. The highest BCUT2D eigenvalue weighted by Gasteiger charge is 2.26. The molecule has 3 nitrogen and oxygen atoms in total. The summed E-state index contributed by atoms with van der Waals surface area (Å²) in [6.07, 6.45) is 0.625. The fourth-order valence-electron chi connectivity index (χ4n) is 1.63. The Kier molecular flexibility index (Phi) is 5.92. The standard InChI is InChI=1S/C12H17Cl2NO2S/c1-10(2)15(8-4-7-13)18(16,17)12-6-3-5-11(14)9-12/h3,5-6,9-10H,4,7-8H2,1-2H3. The van der Waals surface area contributed by atoms with E-state index in [1.54, 1.807) is 18.2 Å². The van der Waals surface area contributed by atoms with Crippen LogP contribution < -0.4 is 0 Å². The molecule has 0 radical (unpaired) electrons. The maximum absolute atomic E-state index is 12.5. The van der Waals surface area contributed by atoms with Crippen LogP contribution in [0.25, 0.3) is 0 Å². The van der Waals surface area contributed by atoms with Crippen LogP contribution in [0.1, 0.15) is 20.3 Å². The first-order valence-corrected chi connectivity index (χ1v) is 8.08. The molecule has 0 aliphatic heterocycles. The molecule has 0 unspecified atom stereocenters. The second-order valence-corrected chi connectivity index (χ2v) is 6.91. The summed E-state index contributed by atoms with van der Waals surface area (Å²) in [6.45, 7) is 4.10. The molecule has 0 saturated heterocycles. The van der Waals surface area contributed by atoms with Crippen molar-refractivity contribution in [1.29, 1.82) is 0 Å². The molecular formula is C12H17Cl2NO2S. The van der Waals surface area contributed by atoms with Gasteiger partial charge in [0.25, 0.3) is 0 Å². The van der Waals surface area contributed by atoms with Gasteiger partial charge in [-0.2, -0.15) is 4.31 Å². The Hall–Kier alpha value is -0.290. The predicted octanol–water partition coefficient (Wildman–Crippen LogP) is 3.37. The molecule has 0 bridgehead atoms. The molecule has 6 heteroatoms. The number of benzene rings is 1. The third kappa shape index (κ3) is 3.85. The lowest BCUT2D eigenvalue weighted by Gasteiger charge is -2.25. The number of alkyl halides is 1. The molecule has 0 fully saturated rings. The van der Waals surface area contributed by atoms with E-state index in [9.17, 15) is 8.42 Å². The molecule has 102 valence electrons. The third-order valence-electron chi connectivity index (χ3n) is 2.49. The van der Waals surface area contributed by atoms with Crippen molar-refractivity contribution >= 4 is 33.2 Å². The maximum atomic E-state index is 12.5. The van der Waals surface area contributed by atoms with Gasteiger partial charge < -0.3 is 0 Å². The molecule has 0 N–H and O–H groups in total. The SMILES string of the molecule is CC(C)N(CCCCl)S(=O)(=O)c1cccc(Cl)c1. The van der Waals surface area contributed by atoms with Gasteiger partial charge in [0.2, 0.25) is 10.0 Å². The van der Waals surface area contributed by atoms with Crippen LogP contribution in [0.5, 0.6) is 0 Å². The first-order chi connectivity index (χ1) is 8.39. The van der Waals surface area contributed by atoms with Crippen LogP contribution in [-0.4, -0.2) is 31.2 Å². The van der Waals surface area contributed by atoms with Crippen LogP contribution in [0.2, 0.25) is 5.02 Å². The van der Waals surface area contributed by atoms with Gasteiger partial charge in [0.15, 0.2) is 0 Å². The molecule has 1 aromatic carbocycles. The van der Waals surface area contributed by atoms with Crippen LogP contribution >= 0.6 is 23.2 Å². The van der Waals surface area contributed by atoms with Crippen molar-refractivity contribution in [3.05, 3.63) is 29.3 Å². The fraction of sp³-hybridized carbons (Fsp3) is 0.500. The van der Waals surface area contributed by atoms with Gasteiger partial charge >= 0.3 is 0 Å². The normalized spacial score (nSPS) is 12.3. The number of rotatable bonds is 6. The van der Waals surface area contributed by atoms with Crippen LogP contribution in [0.4, 0.5) is 0 Å². The van der Waals surface area contributed by atoms with Crippen molar-refractivity contribution in [2.24, 2.45) is 0 Å². The topological polar surface area (TPSA) is 37.4 Å². The summed E-state index contributed by atoms with van der Waals surface area (Å²) in [5.41, 5.74) is 0. The average molecular weight is 310 g/mol. The molecule has 0 amide bonds. The molecule has 18 heavy (non-hydrogen) atoms. The van der Waals surface area contributed by atoms with Gasteiger partial charge in [-0.1, -0.05) is 17.7 Å². The minimum absolute atomic E-state index is 0.114. The highest BCUT2D eigenvalue weighted by molar-refractivity contribution is 7.89. The zero-order chi connectivity index (χ0) is 13.8. The zero-order valence-corrected chi connectivity index (χ0v) is 12.8. The highest BCUT2D eigenvalue weighted by Crippen LogP contribution is 2.21. The number of sulfonamides is 1. The molecule has 0 saturated carbocycles. The molecule has 0 atom stereocenters. The van der Waals surface area contributed by atoms with Gasteiger partial charge in [0.1, 0.15) is 0 Å². The van der Waals surface area contributed by atoms with Gasteiger partial charge in [0, 0.05) is 23.5 Å².